The van der Waals surface area contributed by atoms with Gasteiger partial charge in [-0.25, -0.2) is 0 Å². The number of furan rings is 1. The molecule has 31 heavy (non-hydrogen) atoms. The molecule has 7 nitrogen and oxygen atoms in total. The van der Waals surface area contributed by atoms with Gasteiger partial charge in [0.25, 0.3) is 5.91 Å². The van der Waals surface area contributed by atoms with Crippen LogP contribution in [0.2, 0.25) is 0 Å². The molecule has 0 aliphatic carbocycles. The molecule has 0 bridgehead atoms. The number of benzene rings is 1. The minimum Gasteiger partial charge on any atom is -0.494 e. The molecule has 7 heteroatoms. The summed E-state index contributed by atoms with van der Waals surface area (Å²) in [5, 5.41) is 3.79. The van der Waals surface area contributed by atoms with Gasteiger partial charge in [0.05, 0.1) is 23.5 Å². The van der Waals surface area contributed by atoms with Gasteiger partial charge < -0.3 is 28.7 Å². The van der Waals surface area contributed by atoms with Crippen molar-refractivity contribution in [1.82, 2.24) is 9.47 Å². The topological polar surface area (TPSA) is 68.9 Å². The number of likely N-dealkylation sites (tertiary alicyclic amines) is 1. The third-order valence-corrected chi connectivity index (χ3v) is 6.21. The summed E-state index contributed by atoms with van der Waals surface area (Å²) < 4.78 is 18.7. The third-order valence-electron chi connectivity index (χ3n) is 6.21. The lowest BCUT2D eigenvalue weighted by atomic mass is 9.82. The molecule has 0 unspecified atom stereocenters. The molecular formula is C24H27N3O4. The van der Waals surface area contributed by atoms with E-state index in [9.17, 15) is 4.79 Å². The van der Waals surface area contributed by atoms with Crippen molar-refractivity contribution in [2.75, 3.05) is 32.1 Å². The van der Waals surface area contributed by atoms with Crippen LogP contribution in [-0.2, 0) is 16.9 Å². The molecule has 1 spiro atoms. The summed E-state index contributed by atoms with van der Waals surface area (Å²) in [4.78, 5) is 14.8. The van der Waals surface area contributed by atoms with Gasteiger partial charge >= 0.3 is 0 Å². The van der Waals surface area contributed by atoms with Gasteiger partial charge in [0.2, 0.25) is 0 Å². The van der Waals surface area contributed by atoms with Crippen LogP contribution < -0.4 is 10.1 Å². The molecule has 162 valence electrons. The van der Waals surface area contributed by atoms with Gasteiger partial charge in [0, 0.05) is 38.2 Å². The second kappa shape index (κ2) is 7.81. The number of aromatic nitrogens is 1. The Hall–Kier alpha value is -3.19. The van der Waals surface area contributed by atoms with E-state index < -0.39 is 0 Å². The number of methoxy groups -OCH3 is 1. The Morgan fingerprint density at radius 2 is 2.03 bits per heavy atom. The first-order valence-electron chi connectivity index (χ1n) is 10.7. The molecule has 1 amide bonds. The number of ether oxygens (including phenoxy) is 2. The minimum absolute atomic E-state index is 0.0672. The van der Waals surface area contributed by atoms with Crippen LogP contribution in [0.4, 0.5) is 5.69 Å². The zero-order valence-corrected chi connectivity index (χ0v) is 17.9. The Kier molecular flexibility index (Phi) is 4.98. The fourth-order valence-corrected chi connectivity index (χ4v) is 4.73. The van der Waals surface area contributed by atoms with Crippen molar-refractivity contribution in [1.29, 1.82) is 0 Å². The number of amides is 1. The number of piperidine rings is 1. The number of rotatable bonds is 5. The van der Waals surface area contributed by atoms with Crippen molar-refractivity contribution in [3.05, 3.63) is 65.9 Å². The standard InChI is InChI=1S/C24H27N3O4/c1-3-30-17-6-8-20-19(15-17)25-24(22-5-4-12-27(20)22)10-13-26(14-11-24)23(28)21-9-7-18(31-21)16-29-2/h4-9,12,15,25H,3,10-11,13-14,16H2,1-2H3. The minimum atomic E-state index is -0.220. The number of nitrogens with zero attached hydrogens (tertiary/aromatic N) is 2. The largest absolute Gasteiger partial charge is 0.494 e. The van der Waals surface area contributed by atoms with Gasteiger partial charge in [-0.2, -0.15) is 0 Å². The normalized spacial score (nSPS) is 16.5. The molecule has 0 atom stereocenters. The summed E-state index contributed by atoms with van der Waals surface area (Å²) in [5.74, 6) is 1.82. The number of hydrogen-bond acceptors (Lipinski definition) is 5. The highest BCUT2D eigenvalue weighted by Gasteiger charge is 2.42. The number of carbonyl (C=O) groups excluding carboxylic acids is 1. The molecule has 1 saturated heterocycles. The van der Waals surface area contributed by atoms with Crippen LogP contribution in [-0.4, -0.2) is 42.2 Å². The first-order valence-corrected chi connectivity index (χ1v) is 10.7. The SMILES string of the molecule is CCOc1ccc2c(c1)NC1(CCN(C(=O)c3ccc(COC)o3)CC1)c1cccn1-2. The summed E-state index contributed by atoms with van der Waals surface area (Å²) >= 11 is 0. The lowest BCUT2D eigenvalue weighted by Gasteiger charge is -2.46. The maximum absolute atomic E-state index is 12.9. The molecule has 1 fully saturated rings. The van der Waals surface area contributed by atoms with E-state index in [1.165, 1.54) is 5.69 Å². The van der Waals surface area contributed by atoms with E-state index in [1.54, 1.807) is 19.2 Å². The molecular weight excluding hydrogens is 394 g/mol. The first-order chi connectivity index (χ1) is 15.1. The van der Waals surface area contributed by atoms with Gasteiger partial charge in [-0.05, 0) is 56.2 Å². The molecule has 1 N–H and O–H groups in total. The molecule has 2 aliphatic heterocycles. The molecule has 4 heterocycles. The van der Waals surface area contributed by atoms with Gasteiger partial charge in [-0.3, -0.25) is 4.79 Å². The number of anilines is 1. The van der Waals surface area contributed by atoms with Gasteiger partial charge in [-0.1, -0.05) is 0 Å². The fraction of sp³-hybridized carbons (Fsp3) is 0.375. The van der Waals surface area contributed by atoms with Crippen LogP contribution in [0, 0.1) is 0 Å². The summed E-state index contributed by atoms with van der Waals surface area (Å²) in [7, 11) is 1.61. The van der Waals surface area contributed by atoms with Crippen LogP contribution in [0.1, 0.15) is 41.8 Å². The monoisotopic (exact) mass is 421 g/mol. The van der Waals surface area contributed by atoms with E-state index in [1.807, 2.05) is 17.9 Å². The van der Waals surface area contributed by atoms with E-state index in [0.717, 1.165) is 30.0 Å². The predicted octanol–water partition coefficient (Wildman–Crippen LogP) is 4.17. The van der Waals surface area contributed by atoms with Gasteiger partial charge in [-0.15, -0.1) is 0 Å². The Bertz CT molecular complexity index is 1090. The maximum Gasteiger partial charge on any atom is 0.289 e. The summed E-state index contributed by atoms with van der Waals surface area (Å²) in [5.41, 5.74) is 3.19. The van der Waals surface area contributed by atoms with E-state index in [2.05, 4.69) is 40.3 Å². The molecule has 3 aromatic rings. The molecule has 0 radical (unpaired) electrons. The van der Waals surface area contributed by atoms with Crippen molar-refractivity contribution in [3.63, 3.8) is 0 Å². The molecule has 1 aromatic carbocycles. The highest BCUT2D eigenvalue weighted by Crippen LogP contribution is 2.44. The fourth-order valence-electron chi connectivity index (χ4n) is 4.73. The van der Waals surface area contributed by atoms with Crippen LogP contribution in [0.25, 0.3) is 5.69 Å². The summed E-state index contributed by atoms with van der Waals surface area (Å²) in [6.45, 7) is 4.28. The van der Waals surface area contributed by atoms with Crippen molar-refractivity contribution in [3.8, 4) is 11.4 Å². The maximum atomic E-state index is 12.9. The highest BCUT2D eigenvalue weighted by molar-refractivity contribution is 5.91. The second-order valence-corrected chi connectivity index (χ2v) is 8.07. The van der Waals surface area contributed by atoms with Crippen molar-refractivity contribution in [2.24, 2.45) is 0 Å². The Balaban J connectivity index is 1.37. The van der Waals surface area contributed by atoms with Crippen molar-refractivity contribution < 1.29 is 18.7 Å². The van der Waals surface area contributed by atoms with Crippen LogP contribution in [0.5, 0.6) is 5.75 Å². The number of nitrogens with one attached hydrogen (secondary N) is 1. The Labute approximate surface area is 181 Å². The highest BCUT2D eigenvalue weighted by atomic mass is 16.5. The summed E-state index contributed by atoms with van der Waals surface area (Å²) in [6, 6.07) is 14.0. The van der Waals surface area contributed by atoms with Crippen molar-refractivity contribution in [2.45, 2.75) is 31.9 Å². The van der Waals surface area contributed by atoms with Crippen LogP contribution in [0.15, 0.2) is 53.1 Å². The van der Waals surface area contributed by atoms with E-state index in [4.69, 9.17) is 13.9 Å². The number of carbonyl (C=O) groups is 1. The quantitative estimate of drug-likeness (QED) is 0.670. The average Bonchev–Trinajstić information content (AvgIpc) is 3.45. The zero-order valence-electron chi connectivity index (χ0n) is 17.9. The Morgan fingerprint density at radius 3 is 2.81 bits per heavy atom. The number of fused-ring (bicyclic) bond motifs is 4. The molecule has 2 aromatic heterocycles. The van der Waals surface area contributed by atoms with Gasteiger partial charge in [0.1, 0.15) is 18.1 Å². The number of hydrogen-bond donors (Lipinski definition) is 1. The van der Waals surface area contributed by atoms with Gasteiger partial charge in [0.15, 0.2) is 5.76 Å². The van der Waals surface area contributed by atoms with E-state index in [0.29, 0.717) is 37.8 Å². The lowest BCUT2D eigenvalue weighted by molar-refractivity contribution is 0.0637. The summed E-state index contributed by atoms with van der Waals surface area (Å²) in [6.07, 6.45) is 3.73. The average molecular weight is 421 g/mol. The third kappa shape index (κ3) is 3.39. The molecule has 0 saturated carbocycles. The molecule has 5 rings (SSSR count). The first kappa shape index (κ1) is 19.8. The van der Waals surface area contributed by atoms with Crippen LogP contribution >= 0.6 is 0 Å². The van der Waals surface area contributed by atoms with Crippen LogP contribution in [0.3, 0.4) is 0 Å². The second-order valence-electron chi connectivity index (χ2n) is 8.07. The van der Waals surface area contributed by atoms with E-state index in [-0.39, 0.29) is 11.4 Å². The predicted molar refractivity (Wildman–Crippen MR) is 117 cm³/mol. The van der Waals surface area contributed by atoms with Crippen molar-refractivity contribution >= 4 is 11.6 Å². The Morgan fingerprint density at radius 1 is 1.19 bits per heavy atom. The molecule has 2 aliphatic rings. The zero-order chi connectivity index (χ0) is 21.4. The lowest BCUT2D eigenvalue weighted by Crippen LogP contribution is -2.51. The smallest absolute Gasteiger partial charge is 0.289 e. The van der Waals surface area contributed by atoms with E-state index >= 15 is 0 Å².